The molecule has 0 spiro atoms. The summed E-state index contributed by atoms with van der Waals surface area (Å²) in [5.74, 6) is 2.61. The molecule has 2 heterocycles. The molecule has 134 valence electrons. The van der Waals surface area contributed by atoms with Gasteiger partial charge in [-0.05, 0) is 32.6 Å². The summed E-state index contributed by atoms with van der Waals surface area (Å²) in [6, 6.07) is 0. The number of piperidine rings is 1. The predicted octanol–water partition coefficient (Wildman–Crippen LogP) is 1.06. The van der Waals surface area contributed by atoms with Crippen LogP contribution in [-0.2, 0) is 10.0 Å². The Balaban J connectivity index is 1.81. The SMILES string of the molecule is CN=C(NCC1CCN(S(C)(=O)=O)CC1)N1CCSC(C)(C)C1. The third kappa shape index (κ3) is 5.53. The summed E-state index contributed by atoms with van der Waals surface area (Å²) in [6.07, 6.45) is 3.13. The van der Waals surface area contributed by atoms with Gasteiger partial charge in [0.1, 0.15) is 0 Å². The third-order valence-electron chi connectivity index (χ3n) is 4.53. The Bertz CT molecular complexity index is 526. The Labute approximate surface area is 145 Å². The van der Waals surface area contributed by atoms with Crippen molar-refractivity contribution in [1.82, 2.24) is 14.5 Å². The maximum absolute atomic E-state index is 11.6. The Hall–Kier alpha value is -0.470. The van der Waals surface area contributed by atoms with E-state index >= 15 is 0 Å². The van der Waals surface area contributed by atoms with Crippen LogP contribution < -0.4 is 5.32 Å². The summed E-state index contributed by atoms with van der Waals surface area (Å²) in [5, 5.41) is 3.50. The number of thioether (sulfide) groups is 1. The van der Waals surface area contributed by atoms with Gasteiger partial charge in [0.25, 0.3) is 0 Å². The van der Waals surface area contributed by atoms with Gasteiger partial charge in [-0.2, -0.15) is 11.8 Å². The van der Waals surface area contributed by atoms with E-state index in [1.165, 1.54) is 6.26 Å². The number of guanidine groups is 1. The lowest BCUT2D eigenvalue weighted by atomic mass is 9.98. The molecule has 23 heavy (non-hydrogen) atoms. The first kappa shape index (κ1) is 18.9. The summed E-state index contributed by atoms with van der Waals surface area (Å²) in [4.78, 5) is 6.77. The fourth-order valence-electron chi connectivity index (χ4n) is 3.21. The molecule has 2 saturated heterocycles. The maximum Gasteiger partial charge on any atom is 0.211 e. The van der Waals surface area contributed by atoms with E-state index in [4.69, 9.17) is 0 Å². The molecule has 0 aromatic rings. The van der Waals surface area contributed by atoms with Crippen LogP contribution in [-0.4, -0.2) is 80.1 Å². The van der Waals surface area contributed by atoms with E-state index in [-0.39, 0.29) is 4.75 Å². The average molecular weight is 363 g/mol. The Morgan fingerprint density at radius 2 is 1.96 bits per heavy atom. The molecule has 8 heteroatoms. The number of sulfonamides is 1. The zero-order valence-corrected chi connectivity index (χ0v) is 16.3. The molecule has 0 aromatic carbocycles. The maximum atomic E-state index is 11.6. The number of nitrogens with zero attached hydrogens (tertiary/aromatic N) is 3. The summed E-state index contributed by atoms with van der Waals surface area (Å²) in [7, 11) is -1.20. The van der Waals surface area contributed by atoms with Crippen molar-refractivity contribution in [3.63, 3.8) is 0 Å². The lowest BCUT2D eigenvalue weighted by Gasteiger charge is -2.39. The second-order valence-electron chi connectivity index (χ2n) is 7.06. The number of nitrogens with one attached hydrogen (secondary N) is 1. The van der Waals surface area contributed by atoms with Crippen molar-refractivity contribution in [3.05, 3.63) is 0 Å². The minimum Gasteiger partial charge on any atom is -0.356 e. The van der Waals surface area contributed by atoms with Gasteiger partial charge in [0.15, 0.2) is 5.96 Å². The molecular formula is C15H30N4O2S2. The molecule has 0 saturated carbocycles. The second-order valence-corrected chi connectivity index (χ2v) is 10.8. The van der Waals surface area contributed by atoms with E-state index in [2.05, 4.69) is 29.1 Å². The van der Waals surface area contributed by atoms with Crippen molar-refractivity contribution in [2.24, 2.45) is 10.9 Å². The highest BCUT2D eigenvalue weighted by atomic mass is 32.2. The van der Waals surface area contributed by atoms with Crippen LogP contribution in [0.1, 0.15) is 26.7 Å². The Kier molecular flexibility index (Phi) is 6.24. The fraction of sp³-hybridized carbons (Fsp3) is 0.933. The molecule has 2 fully saturated rings. The average Bonchev–Trinajstić information content (AvgIpc) is 2.46. The lowest BCUT2D eigenvalue weighted by Crippen LogP contribution is -2.52. The van der Waals surface area contributed by atoms with E-state index in [1.54, 1.807) is 4.31 Å². The zero-order valence-electron chi connectivity index (χ0n) is 14.7. The van der Waals surface area contributed by atoms with Gasteiger partial charge in [-0.1, -0.05) is 0 Å². The molecule has 2 rings (SSSR count). The van der Waals surface area contributed by atoms with Gasteiger partial charge in [0, 0.05) is 50.3 Å². The van der Waals surface area contributed by atoms with E-state index < -0.39 is 10.0 Å². The van der Waals surface area contributed by atoms with E-state index in [0.717, 1.165) is 44.2 Å². The van der Waals surface area contributed by atoms with Crippen molar-refractivity contribution in [2.75, 3.05) is 51.8 Å². The monoisotopic (exact) mass is 362 g/mol. The van der Waals surface area contributed by atoms with Crippen LogP contribution >= 0.6 is 11.8 Å². The summed E-state index contributed by atoms with van der Waals surface area (Å²) in [6.45, 7) is 8.73. The topological polar surface area (TPSA) is 65.0 Å². The first-order valence-electron chi connectivity index (χ1n) is 8.26. The van der Waals surface area contributed by atoms with E-state index in [0.29, 0.717) is 19.0 Å². The molecule has 0 amide bonds. The number of hydrogen-bond acceptors (Lipinski definition) is 4. The first-order valence-corrected chi connectivity index (χ1v) is 11.1. The standard InChI is InChI=1S/C15H30N4O2S2/c1-15(2)12-18(9-10-22-15)14(16-3)17-11-13-5-7-19(8-6-13)23(4,20)21/h13H,5-12H2,1-4H3,(H,16,17). The Morgan fingerprint density at radius 3 is 2.48 bits per heavy atom. The van der Waals surface area contributed by atoms with Gasteiger partial charge >= 0.3 is 0 Å². The molecular weight excluding hydrogens is 332 g/mol. The van der Waals surface area contributed by atoms with E-state index in [1.807, 2.05) is 18.8 Å². The van der Waals surface area contributed by atoms with Crippen molar-refractivity contribution in [2.45, 2.75) is 31.4 Å². The Morgan fingerprint density at radius 1 is 1.30 bits per heavy atom. The predicted molar refractivity (Wildman–Crippen MR) is 98.6 cm³/mol. The second kappa shape index (κ2) is 7.61. The van der Waals surface area contributed by atoms with Crippen LogP contribution in [0, 0.1) is 5.92 Å². The van der Waals surface area contributed by atoms with Crippen molar-refractivity contribution in [3.8, 4) is 0 Å². The largest absolute Gasteiger partial charge is 0.356 e. The molecule has 2 aliphatic heterocycles. The summed E-state index contributed by atoms with van der Waals surface area (Å²) in [5.41, 5.74) is 0. The fourth-order valence-corrected chi connectivity index (χ4v) is 5.20. The zero-order chi connectivity index (χ0) is 17.1. The van der Waals surface area contributed by atoms with Crippen LogP contribution in [0.4, 0.5) is 0 Å². The van der Waals surface area contributed by atoms with Gasteiger partial charge in [0.05, 0.1) is 6.26 Å². The molecule has 6 nitrogen and oxygen atoms in total. The highest BCUT2D eigenvalue weighted by Crippen LogP contribution is 2.29. The van der Waals surface area contributed by atoms with Crippen LogP contribution in [0.15, 0.2) is 4.99 Å². The molecule has 0 unspecified atom stereocenters. The van der Waals surface area contributed by atoms with Crippen molar-refractivity contribution >= 4 is 27.7 Å². The minimum atomic E-state index is -3.04. The molecule has 0 aliphatic carbocycles. The van der Waals surface area contributed by atoms with Crippen LogP contribution in [0.25, 0.3) is 0 Å². The number of rotatable bonds is 3. The highest BCUT2D eigenvalue weighted by Gasteiger charge is 2.29. The van der Waals surface area contributed by atoms with Gasteiger partial charge in [-0.25, -0.2) is 12.7 Å². The van der Waals surface area contributed by atoms with Crippen LogP contribution in [0.2, 0.25) is 0 Å². The van der Waals surface area contributed by atoms with Gasteiger partial charge in [-0.15, -0.1) is 0 Å². The van der Waals surface area contributed by atoms with Gasteiger partial charge in [-0.3, -0.25) is 4.99 Å². The first-order chi connectivity index (χ1) is 10.7. The minimum absolute atomic E-state index is 0.261. The van der Waals surface area contributed by atoms with E-state index in [9.17, 15) is 8.42 Å². The third-order valence-corrected chi connectivity index (χ3v) is 7.13. The molecule has 0 atom stereocenters. The van der Waals surface area contributed by atoms with Crippen LogP contribution in [0.3, 0.4) is 0 Å². The quantitative estimate of drug-likeness (QED) is 0.601. The summed E-state index contributed by atoms with van der Waals surface area (Å²) < 4.78 is 25.0. The van der Waals surface area contributed by atoms with Crippen molar-refractivity contribution in [1.29, 1.82) is 0 Å². The smallest absolute Gasteiger partial charge is 0.211 e. The molecule has 0 bridgehead atoms. The number of aliphatic imine (C=N–C) groups is 1. The highest BCUT2D eigenvalue weighted by molar-refractivity contribution is 8.00. The molecule has 2 aliphatic rings. The molecule has 0 aromatic heterocycles. The normalized spacial score (nSPS) is 24.7. The van der Waals surface area contributed by atoms with Gasteiger partial charge < -0.3 is 10.2 Å². The van der Waals surface area contributed by atoms with Crippen molar-refractivity contribution < 1.29 is 8.42 Å². The molecule has 1 N–H and O–H groups in total. The summed E-state index contributed by atoms with van der Waals surface area (Å²) >= 11 is 2.01. The molecule has 0 radical (unpaired) electrons. The number of hydrogen-bond donors (Lipinski definition) is 1. The van der Waals surface area contributed by atoms with Crippen LogP contribution in [0.5, 0.6) is 0 Å². The lowest BCUT2D eigenvalue weighted by molar-refractivity contribution is 0.272. The van der Waals surface area contributed by atoms with Gasteiger partial charge in [0.2, 0.25) is 10.0 Å².